The molecule has 4 rings (SSSR count). The summed E-state index contributed by atoms with van der Waals surface area (Å²) in [6, 6.07) is 9.91. The number of rotatable bonds is 15. The van der Waals surface area contributed by atoms with Gasteiger partial charge in [0.05, 0.1) is 6.04 Å². The van der Waals surface area contributed by atoms with Crippen molar-refractivity contribution >= 4 is 64.0 Å². The molecule has 232 valence electrons. The van der Waals surface area contributed by atoms with Crippen LogP contribution in [0.5, 0.6) is 0 Å². The van der Waals surface area contributed by atoms with Crippen LogP contribution in [-0.4, -0.2) is 74.6 Å². The van der Waals surface area contributed by atoms with Crippen LogP contribution in [0.25, 0.3) is 21.8 Å². The zero-order chi connectivity index (χ0) is 31.8. The number of aliphatic carboxylic acids is 1. The lowest BCUT2D eigenvalue weighted by Gasteiger charge is -2.25. The molecule has 13 nitrogen and oxygen atoms in total. The number of carbonyl (C=O) groups is 5. The van der Waals surface area contributed by atoms with Crippen molar-refractivity contribution in [2.24, 2.45) is 11.5 Å². The smallest absolute Gasteiger partial charge is 0.326 e. The Morgan fingerprint density at radius 3 is 1.75 bits per heavy atom. The van der Waals surface area contributed by atoms with Crippen LogP contribution in [-0.2, 0) is 36.8 Å². The summed E-state index contributed by atoms with van der Waals surface area (Å²) in [5, 5.41) is 19.3. The van der Waals surface area contributed by atoms with Crippen LogP contribution in [0.4, 0.5) is 0 Å². The number of H-pyrrole nitrogens is 2. The van der Waals surface area contributed by atoms with E-state index in [0.717, 1.165) is 27.4 Å². The number of carboxylic acids is 1. The van der Waals surface area contributed by atoms with Gasteiger partial charge in [0.15, 0.2) is 0 Å². The molecule has 4 unspecified atom stereocenters. The SMILES string of the molecule is NC(=O)CCC(NC(=O)C(Cc1c[nH]c2ccccc12)NC(=O)C(N)CS)C(=O)NC(Cc1c[nH]c2ccccc12)C(=O)O. The van der Waals surface area contributed by atoms with Crippen LogP contribution in [0.2, 0.25) is 0 Å². The van der Waals surface area contributed by atoms with Gasteiger partial charge in [-0.2, -0.15) is 12.6 Å². The summed E-state index contributed by atoms with van der Waals surface area (Å²) in [7, 11) is 0. The number of hydrogen-bond acceptors (Lipinski definition) is 7. The molecule has 0 radical (unpaired) electrons. The number of benzene rings is 2. The predicted molar refractivity (Wildman–Crippen MR) is 168 cm³/mol. The van der Waals surface area contributed by atoms with E-state index in [1.54, 1.807) is 12.4 Å². The summed E-state index contributed by atoms with van der Waals surface area (Å²) < 4.78 is 0. The first-order valence-corrected chi connectivity index (χ1v) is 14.6. The number of carbonyl (C=O) groups excluding carboxylic acids is 4. The Morgan fingerprint density at radius 2 is 1.23 bits per heavy atom. The van der Waals surface area contributed by atoms with E-state index in [1.807, 2.05) is 48.5 Å². The highest BCUT2D eigenvalue weighted by Crippen LogP contribution is 2.21. The van der Waals surface area contributed by atoms with Crippen molar-refractivity contribution in [2.45, 2.75) is 49.9 Å². The Morgan fingerprint density at radius 1 is 0.750 bits per heavy atom. The van der Waals surface area contributed by atoms with Crippen molar-refractivity contribution in [3.8, 4) is 0 Å². The fraction of sp³-hybridized carbons (Fsp3) is 0.300. The standard InChI is InChI=1S/C30H35N7O6S/c31-20(15-44)27(39)36-24(11-16-13-33-21-7-3-1-5-18(16)21)29(41)35-23(9-10-26(32)38)28(40)37-25(30(42)43)12-17-14-34-22-8-4-2-6-19(17)22/h1-8,13-14,20,23-25,33-34,44H,9-12,15,31H2,(H2,32,38)(H,35,41)(H,36,39)(H,37,40)(H,42,43). The van der Waals surface area contributed by atoms with E-state index in [9.17, 15) is 29.1 Å². The number of para-hydroxylation sites is 2. The van der Waals surface area contributed by atoms with Gasteiger partial charge in [-0.05, 0) is 29.7 Å². The Balaban J connectivity index is 1.55. The third-order valence-electron chi connectivity index (χ3n) is 7.29. The van der Waals surface area contributed by atoms with E-state index in [4.69, 9.17) is 11.5 Å². The summed E-state index contributed by atoms with van der Waals surface area (Å²) in [6.45, 7) is 0. The Kier molecular flexibility index (Phi) is 10.6. The number of hydrogen-bond donors (Lipinski definition) is 9. The predicted octanol–water partition coefficient (Wildman–Crippen LogP) is 0.496. The molecule has 0 bridgehead atoms. The molecule has 0 aliphatic carbocycles. The molecule has 2 aromatic heterocycles. The molecule has 0 aliphatic rings. The Labute approximate surface area is 257 Å². The number of aromatic amines is 2. The number of primary amides is 1. The number of fused-ring (bicyclic) bond motifs is 2. The molecule has 14 heteroatoms. The van der Waals surface area contributed by atoms with E-state index in [-0.39, 0.29) is 31.4 Å². The van der Waals surface area contributed by atoms with Crippen LogP contribution < -0.4 is 27.4 Å². The molecule has 0 saturated heterocycles. The monoisotopic (exact) mass is 621 g/mol. The minimum absolute atomic E-state index is 0.0317. The summed E-state index contributed by atoms with van der Waals surface area (Å²) in [5.74, 6) is -4.14. The minimum Gasteiger partial charge on any atom is -0.480 e. The second-order valence-electron chi connectivity index (χ2n) is 10.4. The first kappa shape index (κ1) is 32.1. The van der Waals surface area contributed by atoms with E-state index in [2.05, 4.69) is 38.5 Å². The van der Waals surface area contributed by atoms with Gasteiger partial charge in [0.2, 0.25) is 23.6 Å². The second kappa shape index (κ2) is 14.6. The van der Waals surface area contributed by atoms with Gasteiger partial charge >= 0.3 is 5.97 Å². The second-order valence-corrected chi connectivity index (χ2v) is 10.8. The lowest BCUT2D eigenvalue weighted by Crippen LogP contribution is -2.58. The fourth-order valence-electron chi connectivity index (χ4n) is 4.91. The number of nitrogens with two attached hydrogens (primary N) is 2. The molecule has 10 N–H and O–H groups in total. The van der Waals surface area contributed by atoms with Gasteiger partial charge in [0.25, 0.3) is 0 Å². The average Bonchev–Trinajstić information content (AvgIpc) is 3.61. The van der Waals surface area contributed by atoms with Gasteiger partial charge < -0.3 is 42.5 Å². The molecular formula is C30H35N7O6S. The highest BCUT2D eigenvalue weighted by molar-refractivity contribution is 7.80. The van der Waals surface area contributed by atoms with Gasteiger partial charge in [0, 0.05) is 59.2 Å². The van der Waals surface area contributed by atoms with Crippen LogP contribution in [0.1, 0.15) is 24.0 Å². The van der Waals surface area contributed by atoms with Gasteiger partial charge in [-0.3, -0.25) is 19.2 Å². The number of amides is 4. The van der Waals surface area contributed by atoms with Crippen molar-refractivity contribution in [2.75, 3.05) is 5.75 Å². The van der Waals surface area contributed by atoms with Crippen LogP contribution in [0.3, 0.4) is 0 Å². The quantitative estimate of drug-likeness (QED) is 0.0853. The zero-order valence-electron chi connectivity index (χ0n) is 23.7. The molecule has 4 aromatic rings. The Bertz CT molecular complexity index is 1670. The average molecular weight is 622 g/mol. The van der Waals surface area contributed by atoms with E-state index in [1.165, 1.54) is 0 Å². The molecule has 2 heterocycles. The van der Waals surface area contributed by atoms with Crippen molar-refractivity contribution < 1.29 is 29.1 Å². The molecule has 44 heavy (non-hydrogen) atoms. The molecule has 0 spiro atoms. The molecule has 0 saturated carbocycles. The number of nitrogens with one attached hydrogen (secondary N) is 5. The molecule has 0 fully saturated rings. The molecule has 4 atom stereocenters. The first-order valence-electron chi connectivity index (χ1n) is 14.0. The van der Waals surface area contributed by atoms with E-state index >= 15 is 0 Å². The normalized spacial score (nSPS) is 14.0. The lowest BCUT2D eigenvalue weighted by molar-refractivity contribution is -0.142. The summed E-state index contributed by atoms with van der Waals surface area (Å²) in [5.41, 5.74) is 14.2. The number of thiol groups is 1. The number of aromatic nitrogens is 2. The van der Waals surface area contributed by atoms with Crippen molar-refractivity contribution in [1.29, 1.82) is 0 Å². The maximum absolute atomic E-state index is 13.6. The Hall–Kier alpha value is -4.82. The van der Waals surface area contributed by atoms with Crippen LogP contribution in [0.15, 0.2) is 60.9 Å². The topological polar surface area (TPSA) is 225 Å². The molecular weight excluding hydrogens is 586 g/mol. The van der Waals surface area contributed by atoms with Gasteiger partial charge in [-0.1, -0.05) is 36.4 Å². The van der Waals surface area contributed by atoms with Crippen LogP contribution in [0, 0.1) is 0 Å². The zero-order valence-corrected chi connectivity index (χ0v) is 24.6. The van der Waals surface area contributed by atoms with Crippen LogP contribution >= 0.6 is 12.6 Å². The fourth-order valence-corrected chi connectivity index (χ4v) is 5.08. The van der Waals surface area contributed by atoms with Gasteiger partial charge in [0.1, 0.15) is 18.1 Å². The maximum Gasteiger partial charge on any atom is 0.326 e. The third-order valence-corrected chi connectivity index (χ3v) is 7.68. The van der Waals surface area contributed by atoms with Crippen molar-refractivity contribution in [3.05, 3.63) is 72.1 Å². The van der Waals surface area contributed by atoms with Crippen molar-refractivity contribution in [3.63, 3.8) is 0 Å². The summed E-state index contributed by atoms with van der Waals surface area (Å²) in [6.07, 6.45) is 2.94. The molecule has 2 aromatic carbocycles. The summed E-state index contributed by atoms with van der Waals surface area (Å²) >= 11 is 4.06. The van der Waals surface area contributed by atoms with E-state index < -0.39 is 53.8 Å². The number of carboxylic acid groups (broad SMARTS) is 1. The highest BCUT2D eigenvalue weighted by Gasteiger charge is 2.31. The van der Waals surface area contributed by atoms with Crippen molar-refractivity contribution in [1.82, 2.24) is 25.9 Å². The summed E-state index contributed by atoms with van der Waals surface area (Å²) in [4.78, 5) is 69.7. The van der Waals surface area contributed by atoms with Gasteiger partial charge in [-0.15, -0.1) is 0 Å². The van der Waals surface area contributed by atoms with E-state index in [0.29, 0.717) is 5.56 Å². The van der Waals surface area contributed by atoms with Gasteiger partial charge in [-0.25, -0.2) is 4.79 Å². The molecule has 4 amide bonds. The largest absolute Gasteiger partial charge is 0.480 e. The molecule has 0 aliphatic heterocycles. The highest BCUT2D eigenvalue weighted by atomic mass is 32.1. The minimum atomic E-state index is -1.34. The maximum atomic E-state index is 13.6. The first-order chi connectivity index (χ1) is 21.1. The third kappa shape index (κ3) is 7.96. The lowest BCUT2D eigenvalue weighted by atomic mass is 10.0.